The van der Waals surface area contributed by atoms with Crippen molar-refractivity contribution in [1.82, 2.24) is 5.06 Å². The van der Waals surface area contributed by atoms with Gasteiger partial charge in [-0.25, -0.2) is 4.79 Å². The molecule has 0 spiro atoms. The molecular weight excluding hydrogens is 455 g/mol. The molecule has 2 aromatic carbocycles. The molecule has 0 unspecified atom stereocenters. The van der Waals surface area contributed by atoms with Gasteiger partial charge in [0.1, 0.15) is 0 Å². The maximum absolute atomic E-state index is 12.7. The van der Waals surface area contributed by atoms with Gasteiger partial charge in [-0.05, 0) is 41.6 Å². The Morgan fingerprint density at radius 1 is 1.12 bits per heavy atom. The largest absolute Gasteiger partial charge is 0.525 e. The molecule has 0 radical (unpaired) electrons. The van der Waals surface area contributed by atoms with Crippen molar-refractivity contribution in [2.45, 2.75) is 25.3 Å². The topological polar surface area (TPSA) is 107 Å². The van der Waals surface area contributed by atoms with Crippen LogP contribution in [0.5, 0.6) is 0 Å². The zero-order valence-corrected chi connectivity index (χ0v) is 17.3. The lowest BCUT2D eigenvalue weighted by Crippen LogP contribution is -2.44. The molecule has 0 atom stereocenters. The molecule has 170 valence electrons. The molecule has 3 rings (SSSR count). The number of esters is 1. The van der Waals surface area contributed by atoms with Crippen molar-refractivity contribution in [1.29, 1.82) is 0 Å². The SMILES string of the molecule is CCCCOC(=O)/C=C/c1cc2c3c(cccc3c1)C(=O)N(OS(=O)(=O)C(F)(F)F)C2=O. The zero-order valence-electron chi connectivity index (χ0n) is 16.5. The first-order valence-corrected chi connectivity index (χ1v) is 10.7. The van der Waals surface area contributed by atoms with Crippen LogP contribution >= 0.6 is 0 Å². The first-order chi connectivity index (χ1) is 15.0. The van der Waals surface area contributed by atoms with Gasteiger partial charge in [-0.1, -0.05) is 25.5 Å². The molecule has 2 amide bonds. The number of hydrogen-bond donors (Lipinski definition) is 0. The second kappa shape index (κ2) is 8.71. The van der Waals surface area contributed by atoms with Gasteiger partial charge in [-0.2, -0.15) is 21.6 Å². The number of rotatable bonds is 7. The molecule has 1 aliphatic heterocycles. The van der Waals surface area contributed by atoms with Crippen LogP contribution in [0.25, 0.3) is 16.8 Å². The van der Waals surface area contributed by atoms with E-state index in [1.54, 1.807) is 12.1 Å². The van der Waals surface area contributed by atoms with Gasteiger partial charge in [0, 0.05) is 11.5 Å². The Balaban J connectivity index is 2.01. The smallest absolute Gasteiger partial charge is 0.463 e. The van der Waals surface area contributed by atoms with E-state index in [1.165, 1.54) is 24.3 Å². The fourth-order valence-electron chi connectivity index (χ4n) is 2.94. The number of nitrogens with zero attached hydrogens (tertiary/aromatic N) is 1. The molecule has 0 aromatic heterocycles. The molecule has 32 heavy (non-hydrogen) atoms. The molecule has 12 heteroatoms. The lowest BCUT2D eigenvalue weighted by Gasteiger charge is -2.25. The van der Waals surface area contributed by atoms with Crippen LogP contribution in [-0.2, 0) is 23.9 Å². The molecule has 0 bridgehead atoms. The van der Waals surface area contributed by atoms with Crippen LogP contribution in [0, 0.1) is 0 Å². The molecule has 2 aromatic rings. The van der Waals surface area contributed by atoms with E-state index >= 15 is 0 Å². The van der Waals surface area contributed by atoms with Gasteiger partial charge in [0.15, 0.2) is 0 Å². The molecule has 1 aliphatic rings. The van der Waals surface area contributed by atoms with Crippen LogP contribution in [0.15, 0.2) is 36.4 Å². The Labute approximate surface area is 180 Å². The molecule has 0 saturated heterocycles. The van der Waals surface area contributed by atoms with Gasteiger partial charge in [0.25, 0.3) is 11.8 Å². The summed E-state index contributed by atoms with van der Waals surface area (Å²) >= 11 is 0. The van der Waals surface area contributed by atoms with Crippen LogP contribution in [0.4, 0.5) is 13.2 Å². The third-order valence-corrected chi connectivity index (χ3v) is 5.35. The molecule has 0 fully saturated rings. The number of carbonyl (C=O) groups is 3. The van der Waals surface area contributed by atoms with Crippen molar-refractivity contribution in [2.24, 2.45) is 0 Å². The number of halogens is 3. The first-order valence-electron chi connectivity index (χ1n) is 9.27. The maximum atomic E-state index is 12.7. The number of ether oxygens (including phenoxy) is 1. The molecule has 1 heterocycles. The van der Waals surface area contributed by atoms with E-state index in [2.05, 4.69) is 4.28 Å². The highest BCUT2D eigenvalue weighted by Crippen LogP contribution is 2.34. The van der Waals surface area contributed by atoms with Gasteiger partial charge in [0.05, 0.1) is 17.7 Å². The van der Waals surface area contributed by atoms with Crippen molar-refractivity contribution in [3.05, 3.63) is 53.1 Å². The van der Waals surface area contributed by atoms with E-state index in [9.17, 15) is 36.0 Å². The highest BCUT2D eigenvalue weighted by atomic mass is 32.2. The molecular formula is C20H16F3NO7S. The highest BCUT2D eigenvalue weighted by molar-refractivity contribution is 7.87. The standard InChI is InChI=1S/C20H16F3NO7S/c1-2-3-9-30-16(25)8-7-12-10-13-5-4-6-14-17(13)15(11-12)19(27)24(18(14)26)31-32(28,29)20(21,22)23/h4-8,10-11H,2-3,9H2,1H3/b8-7+. The maximum Gasteiger partial charge on any atom is 0.525 e. The van der Waals surface area contributed by atoms with Crippen molar-refractivity contribution < 1.29 is 45.0 Å². The monoisotopic (exact) mass is 471 g/mol. The summed E-state index contributed by atoms with van der Waals surface area (Å²) in [5.74, 6) is -3.39. The minimum Gasteiger partial charge on any atom is -0.463 e. The number of hydroxylamine groups is 2. The van der Waals surface area contributed by atoms with Gasteiger partial charge in [0.2, 0.25) is 0 Å². The minimum absolute atomic E-state index is 0.120. The van der Waals surface area contributed by atoms with E-state index in [0.717, 1.165) is 12.5 Å². The number of unbranched alkanes of at least 4 members (excludes halogenated alkanes) is 1. The van der Waals surface area contributed by atoms with Crippen LogP contribution in [-0.4, -0.2) is 43.4 Å². The summed E-state index contributed by atoms with van der Waals surface area (Å²) in [6.45, 7) is 2.15. The Hall–Kier alpha value is -3.25. The summed E-state index contributed by atoms with van der Waals surface area (Å²) in [6.07, 6.45) is 3.94. The van der Waals surface area contributed by atoms with Crippen LogP contribution in [0.1, 0.15) is 46.0 Å². The number of hydrogen-bond acceptors (Lipinski definition) is 7. The van der Waals surface area contributed by atoms with Crippen LogP contribution in [0.2, 0.25) is 0 Å². The van der Waals surface area contributed by atoms with Crippen molar-refractivity contribution in [3.8, 4) is 0 Å². The molecule has 8 nitrogen and oxygen atoms in total. The summed E-state index contributed by atoms with van der Waals surface area (Å²) in [7, 11) is -6.27. The average molecular weight is 471 g/mol. The van der Waals surface area contributed by atoms with Gasteiger partial charge in [-0.15, -0.1) is 9.35 Å². The Morgan fingerprint density at radius 2 is 1.81 bits per heavy atom. The predicted molar refractivity (Wildman–Crippen MR) is 105 cm³/mol. The van der Waals surface area contributed by atoms with Gasteiger partial charge in [-0.3, -0.25) is 9.59 Å². The normalized spacial score (nSPS) is 14.4. The first kappa shape index (κ1) is 23.4. The van der Waals surface area contributed by atoms with Crippen molar-refractivity contribution >= 4 is 44.8 Å². The van der Waals surface area contributed by atoms with Crippen LogP contribution in [0.3, 0.4) is 0 Å². The van der Waals surface area contributed by atoms with E-state index in [0.29, 0.717) is 17.4 Å². The highest BCUT2D eigenvalue weighted by Gasteiger charge is 2.51. The van der Waals surface area contributed by atoms with Gasteiger partial charge >= 0.3 is 21.6 Å². The van der Waals surface area contributed by atoms with Crippen molar-refractivity contribution in [3.63, 3.8) is 0 Å². The van der Waals surface area contributed by atoms with E-state index in [-0.39, 0.29) is 23.1 Å². The summed E-state index contributed by atoms with van der Waals surface area (Å²) in [5, 5.41) is 0.0559. The number of amides is 2. The second-order valence-corrected chi connectivity index (χ2v) is 8.23. The summed E-state index contributed by atoms with van der Waals surface area (Å²) < 4.78 is 69.7. The lowest BCUT2D eigenvalue weighted by atomic mass is 9.93. The molecule has 0 aliphatic carbocycles. The molecule has 0 N–H and O–H groups in total. The third kappa shape index (κ3) is 4.50. The Bertz CT molecular complexity index is 1240. The van der Waals surface area contributed by atoms with E-state index in [4.69, 9.17) is 4.74 Å². The third-order valence-electron chi connectivity index (χ3n) is 4.44. The predicted octanol–water partition coefficient (Wildman–Crippen LogP) is 3.57. The fraction of sp³-hybridized carbons (Fsp3) is 0.250. The second-order valence-electron chi connectivity index (χ2n) is 6.71. The quantitative estimate of drug-likeness (QED) is 0.200. The average Bonchev–Trinajstić information content (AvgIpc) is 2.72. The summed E-state index contributed by atoms with van der Waals surface area (Å²) in [5.41, 5.74) is -6.04. The van der Waals surface area contributed by atoms with Crippen molar-refractivity contribution in [2.75, 3.05) is 6.61 Å². The lowest BCUT2D eigenvalue weighted by molar-refractivity contribution is -0.137. The fourth-order valence-corrected chi connectivity index (χ4v) is 3.36. The zero-order chi connectivity index (χ0) is 23.7. The van der Waals surface area contributed by atoms with Crippen LogP contribution < -0.4 is 0 Å². The van der Waals surface area contributed by atoms with E-state index < -0.39 is 38.5 Å². The Kier molecular flexibility index (Phi) is 6.37. The number of alkyl halides is 3. The number of imide groups is 1. The summed E-state index contributed by atoms with van der Waals surface area (Å²) in [4.78, 5) is 37.0. The van der Waals surface area contributed by atoms with Gasteiger partial charge < -0.3 is 4.74 Å². The number of carbonyl (C=O) groups excluding carboxylic acids is 3. The number of benzene rings is 2. The molecule has 0 saturated carbocycles. The van der Waals surface area contributed by atoms with E-state index in [1.807, 2.05) is 6.92 Å². The Morgan fingerprint density at radius 3 is 2.47 bits per heavy atom. The summed E-state index contributed by atoms with van der Waals surface area (Å²) in [6, 6.07) is 6.91. The minimum atomic E-state index is -6.27.